The first-order valence-electron chi connectivity index (χ1n) is 7.22. The molecule has 1 saturated heterocycles. The summed E-state index contributed by atoms with van der Waals surface area (Å²) >= 11 is 0. The minimum absolute atomic E-state index is 0.159. The first kappa shape index (κ1) is 16.9. The zero-order chi connectivity index (χ0) is 16.1. The molecule has 1 aromatic rings. The van der Waals surface area contributed by atoms with Crippen LogP contribution in [-0.4, -0.2) is 68.6 Å². The van der Waals surface area contributed by atoms with Crippen LogP contribution in [0.2, 0.25) is 0 Å². The lowest BCUT2D eigenvalue weighted by molar-refractivity contribution is -0.135. The van der Waals surface area contributed by atoms with Crippen molar-refractivity contribution in [1.29, 1.82) is 0 Å². The molecule has 0 spiro atoms. The maximum atomic E-state index is 12.5. The molecule has 22 heavy (non-hydrogen) atoms. The van der Waals surface area contributed by atoms with Crippen molar-refractivity contribution in [2.24, 2.45) is 0 Å². The fourth-order valence-corrected chi connectivity index (χ4v) is 2.56. The van der Waals surface area contributed by atoms with Crippen LogP contribution in [0.15, 0.2) is 24.3 Å². The molecular formula is C16H23NO5. The zero-order valence-corrected chi connectivity index (χ0v) is 13.2. The van der Waals surface area contributed by atoms with Crippen LogP contribution in [0.25, 0.3) is 0 Å². The number of nitrogens with zero attached hydrogens (tertiary/aromatic N) is 1. The van der Waals surface area contributed by atoms with E-state index >= 15 is 0 Å². The molecule has 1 N–H and O–H groups in total. The molecule has 1 aliphatic rings. The van der Waals surface area contributed by atoms with Crippen LogP contribution in [0.1, 0.15) is 15.9 Å². The van der Waals surface area contributed by atoms with Crippen molar-refractivity contribution >= 4 is 5.91 Å². The van der Waals surface area contributed by atoms with Crippen molar-refractivity contribution in [1.82, 2.24) is 4.90 Å². The molecule has 0 aliphatic carbocycles. The van der Waals surface area contributed by atoms with Crippen molar-refractivity contribution in [2.45, 2.75) is 24.9 Å². The summed E-state index contributed by atoms with van der Waals surface area (Å²) in [6.07, 6.45) is -1.18. The molecule has 0 unspecified atom stereocenters. The Balaban J connectivity index is 2.07. The third-order valence-electron chi connectivity index (χ3n) is 3.98. The van der Waals surface area contributed by atoms with Gasteiger partial charge in [0, 0.05) is 26.8 Å². The standard InChI is InChI=1S/C16H23NO5/c1-17(13-9-22-10-14(21-3)15(13)18)16(19)12-6-4-11(5-7-12)8-20-2/h4-7,13-15,18H,8-10H2,1-3H3/t13-,14-,15+/m1/s1. The first-order valence-corrected chi connectivity index (χ1v) is 7.22. The highest BCUT2D eigenvalue weighted by atomic mass is 16.5. The lowest BCUT2D eigenvalue weighted by Crippen LogP contribution is -2.56. The topological polar surface area (TPSA) is 68.2 Å². The summed E-state index contributed by atoms with van der Waals surface area (Å²) in [5, 5.41) is 10.3. The average molecular weight is 309 g/mol. The van der Waals surface area contributed by atoms with E-state index in [2.05, 4.69) is 0 Å². The van der Waals surface area contributed by atoms with Crippen LogP contribution in [0.3, 0.4) is 0 Å². The largest absolute Gasteiger partial charge is 0.388 e. The van der Waals surface area contributed by atoms with Crippen LogP contribution in [0.4, 0.5) is 0 Å². The van der Waals surface area contributed by atoms with Crippen LogP contribution < -0.4 is 0 Å². The zero-order valence-electron chi connectivity index (χ0n) is 13.2. The molecule has 3 atom stereocenters. The van der Waals surface area contributed by atoms with Gasteiger partial charge in [0.1, 0.15) is 12.2 Å². The van der Waals surface area contributed by atoms with Gasteiger partial charge < -0.3 is 24.2 Å². The number of hydrogen-bond donors (Lipinski definition) is 1. The van der Waals surface area contributed by atoms with Gasteiger partial charge in [-0.3, -0.25) is 4.79 Å². The number of benzene rings is 1. The molecule has 0 aromatic heterocycles. The molecule has 0 saturated carbocycles. The molecule has 1 amide bonds. The first-order chi connectivity index (χ1) is 10.6. The number of aliphatic hydroxyl groups excluding tert-OH is 1. The van der Waals surface area contributed by atoms with E-state index in [9.17, 15) is 9.90 Å². The minimum atomic E-state index is -0.763. The summed E-state index contributed by atoms with van der Waals surface area (Å²) in [5.41, 5.74) is 1.57. The summed E-state index contributed by atoms with van der Waals surface area (Å²) < 4.78 is 15.7. The van der Waals surface area contributed by atoms with Gasteiger partial charge in [-0.1, -0.05) is 12.1 Å². The Morgan fingerprint density at radius 3 is 2.59 bits per heavy atom. The van der Waals surface area contributed by atoms with Gasteiger partial charge in [0.25, 0.3) is 5.91 Å². The highest BCUT2D eigenvalue weighted by Crippen LogP contribution is 2.18. The molecule has 1 aromatic carbocycles. The van der Waals surface area contributed by atoms with Gasteiger partial charge in [-0.15, -0.1) is 0 Å². The average Bonchev–Trinajstić information content (AvgIpc) is 2.55. The number of carbonyl (C=O) groups excluding carboxylic acids is 1. The second-order valence-corrected chi connectivity index (χ2v) is 5.42. The minimum Gasteiger partial charge on any atom is -0.388 e. The van der Waals surface area contributed by atoms with Crippen molar-refractivity contribution in [3.05, 3.63) is 35.4 Å². The highest BCUT2D eigenvalue weighted by Gasteiger charge is 2.37. The molecule has 1 heterocycles. The normalized spacial score (nSPS) is 25.0. The summed E-state index contributed by atoms with van der Waals surface area (Å²) in [7, 11) is 4.82. The Labute approximate surface area is 130 Å². The molecule has 2 rings (SSSR count). The third kappa shape index (κ3) is 3.64. The Hall–Kier alpha value is -1.47. The van der Waals surface area contributed by atoms with Gasteiger partial charge in [-0.05, 0) is 17.7 Å². The summed E-state index contributed by atoms with van der Waals surface area (Å²) in [5.74, 6) is -0.159. The van der Waals surface area contributed by atoms with E-state index in [1.807, 2.05) is 12.1 Å². The third-order valence-corrected chi connectivity index (χ3v) is 3.98. The van der Waals surface area contributed by atoms with E-state index in [1.165, 1.54) is 12.0 Å². The second kappa shape index (κ2) is 7.69. The number of amides is 1. The van der Waals surface area contributed by atoms with Gasteiger partial charge >= 0.3 is 0 Å². The van der Waals surface area contributed by atoms with Crippen molar-refractivity contribution in [3.63, 3.8) is 0 Å². The Morgan fingerprint density at radius 2 is 2.00 bits per heavy atom. The smallest absolute Gasteiger partial charge is 0.254 e. The Morgan fingerprint density at radius 1 is 1.32 bits per heavy atom. The molecule has 6 heteroatoms. The van der Waals surface area contributed by atoms with E-state index in [1.54, 1.807) is 26.3 Å². The van der Waals surface area contributed by atoms with E-state index < -0.39 is 18.2 Å². The van der Waals surface area contributed by atoms with Gasteiger partial charge in [0.05, 0.1) is 25.9 Å². The number of ether oxygens (including phenoxy) is 3. The maximum absolute atomic E-state index is 12.5. The van der Waals surface area contributed by atoms with Crippen molar-refractivity contribution in [2.75, 3.05) is 34.5 Å². The van der Waals surface area contributed by atoms with Crippen molar-refractivity contribution in [3.8, 4) is 0 Å². The fraction of sp³-hybridized carbons (Fsp3) is 0.562. The number of hydrogen-bond acceptors (Lipinski definition) is 5. The van der Waals surface area contributed by atoms with E-state index in [0.29, 0.717) is 25.4 Å². The number of carbonyl (C=O) groups is 1. The summed E-state index contributed by atoms with van der Waals surface area (Å²) in [4.78, 5) is 14.1. The van der Waals surface area contributed by atoms with Crippen LogP contribution in [0, 0.1) is 0 Å². The highest BCUT2D eigenvalue weighted by molar-refractivity contribution is 5.94. The van der Waals surface area contributed by atoms with Gasteiger partial charge in [-0.25, -0.2) is 0 Å². The van der Waals surface area contributed by atoms with Crippen LogP contribution in [-0.2, 0) is 20.8 Å². The molecule has 1 aliphatic heterocycles. The number of likely N-dealkylation sites (N-methyl/N-ethyl adjacent to an activating group) is 1. The molecule has 6 nitrogen and oxygen atoms in total. The number of aliphatic hydroxyl groups is 1. The van der Waals surface area contributed by atoms with Gasteiger partial charge in [-0.2, -0.15) is 0 Å². The quantitative estimate of drug-likeness (QED) is 0.866. The monoisotopic (exact) mass is 309 g/mol. The van der Waals surface area contributed by atoms with E-state index in [-0.39, 0.29) is 5.91 Å². The molecule has 0 radical (unpaired) electrons. The SMILES string of the molecule is COCc1ccc(C(=O)N(C)[C@@H]2COC[C@@H](OC)[C@H]2O)cc1. The van der Waals surface area contributed by atoms with Crippen LogP contribution in [0.5, 0.6) is 0 Å². The van der Waals surface area contributed by atoms with E-state index in [4.69, 9.17) is 14.2 Å². The molecule has 1 fully saturated rings. The number of methoxy groups -OCH3 is 2. The Kier molecular flexibility index (Phi) is 5.90. The summed E-state index contributed by atoms with van der Waals surface area (Å²) in [6.45, 7) is 1.14. The van der Waals surface area contributed by atoms with E-state index in [0.717, 1.165) is 5.56 Å². The van der Waals surface area contributed by atoms with Crippen LogP contribution >= 0.6 is 0 Å². The second-order valence-electron chi connectivity index (χ2n) is 5.42. The fourth-order valence-electron chi connectivity index (χ4n) is 2.56. The molecule has 122 valence electrons. The predicted molar refractivity (Wildman–Crippen MR) is 80.7 cm³/mol. The lowest BCUT2D eigenvalue weighted by Gasteiger charge is -2.38. The van der Waals surface area contributed by atoms with Crippen molar-refractivity contribution < 1.29 is 24.1 Å². The molecular weight excluding hydrogens is 286 g/mol. The summed E-state index contributed by atoms with van der Waals surface area (Å²) in [6, 6.07) is 6.81. The lowest BCUT2D eigenvalue weighted by atomic mass is 10.0. The maximum Gasteiger partial charge on any atom is 0.254 e. The predicted octanol–water partition coefficient (Wildman–Crippen LogP) is 0.680. The molecule has 0 bridgehead atoms. The Bertz CT molecular complexity index is 490. The van der Waals surface area contributed by atoms with Gasteiger partial charge in [0.2, 0.25) is 0 Å². The van der Waals surface area contributed by atoms with Gasteiger partial charge in [0.15, 0.2) is 0 Å². The number of rotatable bonds is 5.